The van der Waals surface area contributed by atoms with Gasteiger partial charge in [0.1, 0.15) is 11.5 Å². The fourth-order valence-corrected chi connectivity index (χ4v) is 4.55. The van der Waals surface area contributed by atoms with E-state index in [1.807, 2.05) is 18.2 Å². The molecule has 1 fully saturated rings. The van der Waals surface area contributed by atoms with E-state index in [4.69, 9.17) is 9.47 Å². The molecule has 1 unspecified atom stereocenters. The second-order valence-electron chi connectivity index (χ2n) is 9.67. The van der Waals surface area contributed by atoms with Gasteiger partial charge in [0.2, 0.25) is 0 Å². The van der Waals surface area contributed by atoms with Crippen molar-refractivity contribution < 1.29 is 14.3 Å². The predicted octanol–water partition coefficient (Wildman–Crippen LogP) is 4.46. The van der Waals surface area contributed by atoms with Crippen LogP contribution >= 0.6 is 0 Å². The average Bonchev–Trinajstić information content (AvgIpc) is 2.79. The molecule has 1 N–H and O–H groups in total. The third-order valence-electron chi connectivity index (χ3n) is 6.92. The van der Waals surface area contributed by atoms with Crippen molar-refractivity contribution in [2.45, 2.75) is 39.7 Å². The zero-order valence-electron chi connectivity index (χ0n) is 21.7. The van der Waals surface area contributed by atoms with Crippen molar-refractivity contribution in [1.29, 1.82) is 0 Å². The summed E-state index contributed by atoms with van der Waals surface area (Å²) in [6, 6.07) is 12.0. The van der Waals surface area contributed by atoms with E-state index < -0.39 is 0 Å². The molecule has 0 radical (unpaired) electrons. The number of likely N-dealkylation sites (tertiary alicyclic amines) is 1. The molecule has 0 aliphatic carbocycles. The molecule has 1 amide bonds. The second kappa shape index (κ2) is 12.2. The van der Waals surface area contributed by atoms with Gasteiger partial charge in [-0.3, -0.25) is 9.69 Å². The van der Waals surface area contributed by atoms with Crippen LogP contribution in [0.15, 0.2) is 36.4 Å². The van der Waals surface area contributed by atoms with Gasteiger partial charge in [0.25, 0.3) is 5.91 Å². The molecule has 2 aromatic carbocycles. The first-order chi connectivity index (χ1) is 16.3. The van der Waals surface area contributed by atoms with Crippen molar-refractivity contribution in [1.82, 2.24) is 15.1 Å². The standard InChI is InChI=1S/C28H41N3O3/c1-20-21(2)26(34-16-10-9-15-30(4)5)14-13-24(20)22(3)31-18-23(19-31)17-29-28(32)25-11-7-8-12-27(25)33-6/h7-8,11-14,22-23H,9-10,15-19H2,1-6H3,(H,29,32). The van der Waals surface area contributed by atoms with Crippen LogP contribution in [0.2, 0.25) is 0 Å². The molecular formula is C28H41N3O3. The minimum Gasteiger partial charge on any atom is -0.496 e. The zero-order chi connectivity index (χ0) is 24.7. The van der Waals surface area contributed by atoms with E-state index in [2.05, 4.69) is 62.1 Å². The Morgan fingerprint density at radius 1 is 1.09 bits per heavy atom. The van der Waals surface area contributed by atoms with E-state index in [1.165, 1.54) is 16.7 Å². The zero-order valence-corrected chi connectivity index (χ0v) is 21.7. The van der Waals surface area contributed by atoms with Crippen LogP contribution in [0.5, 0.6) is 11.5 Å². The third-order valence-corrected chi connectivity index (χ3v) is 6.92. The van der Waals surface area contributed by atoms with Gasteiger partial charge in [-0.15, -0.1) is 0 Å². The summed E-state index contributed by atoms with van der Waals surface area (Å²) in [5.74, 6) is 1.99. The topological polar surface area (TPSA) is 54.0 Å². The van der Waals surface area contributed by atoms with Crippen LogP contribution in [0.4, 0.5) is 0 Å². The van der Waals surface area contributed by atoms with Gasteiger partial charge < -0.3 is 19.7 Å². The number of rotatable bonds is 12. The van der Waals surface area contributed by atoms with Crippen LogP contribution < -0.4 is 14.8 Å². The highest BCUT2D eigenvalue weighted by atomic mass is 16.5. The highest BCUT2D eigenvalue weighted by Gasteiger charge is 2.32. The summed E-state index contributed by atoms with van der Waals surface area (Å²) >= 11 is 0. The largest absolute Gasteiger partial charge is 0.496 e. The molecule has 0 spiro atoms. The molecule has 6 heteroatoms. The number of nitrogens with one attached hydrogen (secondary N) is 1. The highest BCUT2D eigenvalue weighted by molar-refractivity contribution is 5.96. The van der Waals surface area contributed by atoms with Crippen molar-refractivity contribution in [2.75, 3.05) is 54.0 Å². The summed E-state index contributed by atoms with van der Waals surface area (Å²) in [6.07, 6.45) is 2.22. The lowest BCUT2D eigenvalue weighted by Crippen LogP contribution is -2.52. The normalized spacial score (nSPS) is 15.1. The summed E-state index contributed by atoms with van der Waals surface area (Å²) in [5, 5.41) is 3.07. The maximum Gasteiger partial charge on any atom is 0.255 e. The summed E-state index contributed by atoms with van der Waals surface area (Å²) in [7, 11) is 5.80. The van der Waals surface area contributed by atoms with Crippen LogP contribution in [0, 0.1) is 19.8 Å². The number of carbonyl (C=O) groups excluding carboxylic acids is 1. The quantitative estimate of drug-likeness (QED) is 0.467. The minimum atomic E-state index is -0.0762. The van der Waals surface area contributed by atoms with E-state index in [0.29, 0.717) is 29.8 Å². The van der Waals surface area contributed by atoms with Gasteiger partial charge in [-0.1, -0.05) is 18.2 Å². The van der Waals surface area contributed by atoms with Crippen LogP contribution in [0.3, 0.4) is 0 Å². The summed E-state index contributed by atoms with van der Waals surface area (Å²) < 4.78 is 11.4. The molecule has 34 heavy (non-hydrogen) atoms. The average molecular weight is 468 g/mol. The van der Waals surface area contributed by atoms with E-state index >= 15 is 0 Å². The summed E-state index contributed by atoms with van der Waals surface area (Å²) in [4.78, 5) is 17.2. The maximum absolute atomic E-state index is 12.5. The predicted molar refractivity (Wildman–Crippen MR) is 138 cm³/mol. The molecule has 1 aliphatic rings. The van der Waals surface area contributed by atoms with Gasteiger partial charge in [0.05, 0.1) is 19.3 Å². The Balaban J connectivity index is 1.47. The fourth-order valence-electron chi connectivity index (χ4n) is 4.55. The Hall–Kier alpha value is -2.57. The second-order valence-corrected chi connectivity index (χ2v) is 9.67. The van der Waals surface area contributed by atoms with Crippen molar-refractivity contribution >= 4 is 5.91 Å². The lowest BCUT2D eigenvalue weighted by Gasteiger charge is -2.44. The molecule has 1 heterocycles. The number of benzene rings is 2. The SMILES string of the molecule is COc1ccccc1C(=O)NCC1CN(C(C)c2ccc(OCCCCN(C)C)c(C)c2C)C1. The molecule has 6 nitrogen and oxygen atoms in total. The molecule has 0 bridgehead atoms. The van der Waals surface area contributed by atoms with Crippen molar-refractivity contribution in [2.24, 2.45) is 5.92 Å². The monoisotopic (exact) mass is 467 g/mol. The van der Waals surface area contributed by atoms with Gasteiger partial charge >= 0.3 is 0 Å². The number of hydrogen-bond acceptors (Lipinski definition) is 5. The van der Waals surface area contributed by atoms with Crippen molar-refractivity contribution in [3.8, 4) is 11.5 Å². The number of hydrogen-bond donors (Lipinski definition) is 1. The van der Waals surface area contributed by atoms with Gasteiger partial charge in [-0.25, -0.2) is 0 Å². The van der Waals surface area contributed by atoms with E-state index in [0.717, 1.165) is 44.8 Å². The number of nitrogens with zero attached hydrogens (tertiary/aromatic N) is 2. The first kappa shape index (κ1) is 26.0. The van der Waals surface area contributed by atoms with Gasteiger partial charge in [-0.2, -0.15) is 0 Å². The maximum atomic E-state index is 12.5. The van der Waals surface area contributed by atoms with E-state index in [1.54, 1.807) is 13.2 Å². The smallest absolute Gasteiger partial charge is 0.255 e. The number of para-hydroxylation sites is 1. The molecule has 2 aromatic rings. The Bertz CT molecular complexity index is 954. The minimum absolute atomic E-state index is 0.0762. The lowest BCUT2D eigenvalue weighted by molar-refractivity contribution is 0.0569. The van der Waals surface area contributed by atoms with Crippen molar-refractivity contribution in [3.05, 3.63) is 58.7 Å². The molecule has 3 rings (SSSR count). The molecule has 0 aromatic heterocycles. The Morgan fingerprint density at radius 2 is 1.82 bits per heavy atom. The molecule has 0 saturated carbocycles. The first-order valence-electron chi connectivity index (χ1n) is 12.3. The molecule has 1 atom stereocenters. The molecule has 1 aliphatic heterocycles. The van der Waals surface area contributed by atoms with Gasteiger partial charge in [0, 0.05) is 31.6 Å². The van der Waals surface area contributed by atoms with Gasteiger partial charge in [0.15, 0.2) is 0 Å². The van der Waals surface area contributed by atoms with Crippen LogP contribution in [0.25, 0.3) is 0 Å². The van der Waals surface area contributed by atoms with E-state index in [9.17, 15) is 4.79 Å². The Labute approximate surface area is 205 Å². The number of carbonyl (C=O) groups is 1. The van der Waals surface area contributed by atoms with Crippen LogP contribution in [0.1, 0.15) is 52.9 Å². The van der Waals surface area contributed by atoms with Crippen LogP contribution in [-0.2, 0) is 0 Å². The number of amides is 1. The summed E-state index contributed by atoms with van der Waals surface area (Å²) in [5.41, 5.74) is 4.49. The highest BCUT2D eigenvalue weighted by Crippen LogP contribution is 2.34. The van der Waals surface area contributed by atoms with E-state index in [-0.39, 0.29) is 5.91 Å². The molecule has 186 valence electrons. The Morgan fingerprint density at radius 3 is 2.53 bits per heavy atom. The van der Waals surface area contributed by atoms with Gasteiger partial charge in [-0.05, 0) is 89.1 Å². The van der Waals surface area contributed by atoms with Crippen molar-refractivity contribution in [3.63, 3.8) is 0 Å². The molecule has 1 saturated heterocycles. The summed E-state index contributed by atoms with van der Waals surface area (Å²) in [6.45, 7) is 11.1. The molecular weight excluding hydrogens is 426 g/mol. The Kier molecular flexibility index (Phi) is 9.36. The fraction of sp³-hybridized carbons (Fsp3) is 0.536. The first-order valence-corrected chi connectivity index (χ1v) is 12.3. The number of ether oxygens (including phenoxy) is 2. The van der Waals surface area contributed by atoms with Crippen LogP contribution in [-0.4, -0.2) is 69.7 Å². The lowest BCUT2D eigenvalue weighted by atomic mass is 9.91. The number of methoxy groups -OCH3 is 1. The third kappa shape index (κ3) is 6.51. The number of unbranched alkanes of at least 4 members (excludes halogenated alkanes) is 1.